The first-order chi connectivity index (χ1) is 2.00. The van der Waals surface area contributed by atoms with Gasteiger partial charge < -0.3 is 11.3 Å². The maximum atomic E-state index is 10.1. The standard InChI is InChI=1S/C4H9O.K.H3N/c1-4(2,3)5;;/h1-3H3;;1H3/q-1;+1;. The van der Waals surface area contributed by atoms with E-state index in [1.165, 1.54) is 0 Å². The van der Waals surface area contributed by atoms with Crippen LogP contribution in [0.4, 0.5) is 0 Å². The van der Waals surface area contributed by atoms with Gasteiger partial charge in [-0.15, -0.1) is 5.60 Å². The van der Waals surface area contributed by atoms with Gasteiger partial charge in [0.05, 0.1) is 0 Å². The van der Waals surface area contributed by atoms with Crippen molar-refractivity contribution in [2.75, 3.05) is 0 Å². The Balaban J connectivity index is -0.0000000800. The van der Waals surface area contributed by atoms with Gasteiger partial charge in [-0.05, 0) is 0 Å². The van der Waals surface area contributed by atoms with E-state index in [0.29, 0.717) is 0 Å². The fraction of sp³-hybridized carbons (Fsp3) is 1.00. The van der Waals surface area contributed by atoms with Crippen molar-refractivity contribution in [3.8, 4) is 0 Å². The van der Waals surface area contributed by atoms with Gasteiger partial charge in [0.1, 0.15) is 0 Å². The van der Waals surface area contributed by atoms with Crippen molar-refractivity contribution < 1.29 is 56.5 Å². The van der Waals surface area contributed by atoms with Crippen molar-refractivity contribution in [3.05, 3.63) is 0 Å². The summed E-state index contributed by atoms with van der Waals surface area (Å²) in [7, 11) is 0. The Morgan fingerprint density at radius 3 is 1.14 bits per heavy atom. The van der Waals surface area contributed by atoms with Crippen LogP contribution in [0, 0.1) is 0 Å². The zero-order valence-corrected chi connectivity index (χ0v) is 8.74. The molecule has 3 N–H and O–H groups in total. The van der Waals surface area contributed by atoms with E-state index < -0.39 is 5.60 Å². The Kier molecular flexibility index (Phi) is 12.9. The van der Waals surface area contributed by atoms with Crippen LogP contribution in [-0.4, -0.2) is 5.60 Å². The molecule has 0 fully saturated rings. The average Bonchev–Trinajstić information content (AvgIpc) is 0.722. The average molecular weight is 129 g/mol. The van der Waals surface area contributed by atoms with E-state index >= 15 is 0 Å². The molecule has 0 aliphatic rings. The molecule has 0 aromatic carbocycles. The van der Waals surface area contributed by atoms with Crippen LogP contribution in [-0.2, 0) is 0 Å². The maximum Gasteiger partial charge on any atom is 1.00 e. The fourth-order valence-corrected chi connectivity index (χ4v) is 0. The van der Waals surface area contributed by atoms with Crippen molar-refractivity contribution in [2.45, 2.75) is 26.4 Å². The van der Waals surface area contributed by atoms with Crippen molar-refractivity contribution in [1.82, 2.24) is 6.15 Å². The van der Waals surface area contributed by atoms with Gasteiger partial charge in [0.15, 0.2) is 0 Å². The Morgan fingerprint density at radius 2 is 1.14 bits per heavy atom. The molecule has 0 aromatic rings. The molecule has 0 bridgehead atoms. The summed E-state index contributed by atoms with van der Waals surface area (Å²) in [4.78, 5) is 0. The van der Waals surface area contributed by atoms with Gasteiger partial charge in [-0.3, -0.25) is 0 Å². The molecule has 0 saturated heterocycles. The van der Waals surface area contributed by atoms with Gasteiger partial charge >= 0.3 is 51.4 Å². The van der Waals surface area contributed by atoms with Crippen LogP contribution in [0.5, 0.6) is 0 Å². The smallest absolute Gasteiger partial charge is 0.850 e. The predicted molar refractivity (Wildman–Crippen MR) is 24.8 cm³/mol. The van der Waals surface area contributed by atoms with Gasteiger partial charge in [0.25, 0.3) is 0 Å². The summed E-state index contributed by atoms with van der Waals surface area (Å²) in [6, 6.07) is 0. The van der Waals surface area contributed by atoms with E-state index in [0.717, 1.165) is 0 Å². The van der Waals surface area contributed by atoms with Crippen LogP contribution >= 0.6 is 0 Å². The van der Waals surface area contributed by atoms with E-state index in [1.807, 2.05) is 0 Å². The maximum absolute atomic E-state index is 10.1. The minimum absolute atomic E-state index is 0. The molecule has 0 amide bonds. The zero-order chi connectivity index (χ0) is 4.50. The van der Waals surface area contributed by atoms with Crippen LogP contribution in [0.2, 0.25) is 0 Å². The second-order valence-corrected chi connectivity index (χ2v) is 2.11. The molecule has 0 spiro atoms. The van der Waals surface area contributed by atoms with Crippen LogP contribution in [0.15, 0.2) is 0 Å². The summed E-state index contributed by atoms with van der Waals surface area (Å²) in [6.45, 7) is 4.90. The second kappa shape index (κ2) is 5.69. The number of rotatable bonds is 0. The molecule has 0 saturated carbocycles. The summed E-state index contributed by atoms with van der Waals surface area (Å²) < 4.78 is 0. The molecule has 0 rings (SSSR count). The van der Waals surface area contributed by atoms with E-state index in [-0.39, 0.29) is 57.5 Å². The topological polar surface area (TPSA) is 58.1 Å². The van der Waals surface area contributed by atoms with E-state index in [4.69, 9.17) is 0 Å². The first-order valence-electron chi connectivity index (χ1n) is 1.70. The Labute approximate surface area is 87.7 Å². The Bertz CT molecular complexity index is 27.2. The normalized spacial score (nSPS) is 8.57. The molecule has 0 atom stereocenters. The number of hydrogen-bond acceptors (Lipinski definition) is 2. The van der Waals surface area contributed by atoms with Crippen molar-refractivity contribution in [1.29, 1.82) is 0 Å². The third kappa shape index (κ3) is 96.3. The van der Waals surface area contributed by atoms with Gasteiger partial charge in [-0.25, -0.2) is 0 Å². The van der Waals surface area contributed by atoms with Crippen LogP contribution in [0.1, 0.15) is 20.8 Å². The second-order valence-electron chi connectivity index (χ2n) is 2.11. The van der Waals surface area contributed by atoms with Gasteiger partial charge in [0, 0.05) is 0 Å². The van der Waals surface area contributed by atoms with E-state index in [9.17, 15) is 5.11 Å². The zero-order valence-electron chi connectivity index (χ0n) is 5.62. The first-order valence-corrected chi connectivity index (χ1v) is 1.70. The van der Waals surface area contributed by atoms with Crippen LogP contribution in [0.25, 0.3) is 0 Å². The molecule has 0 aliphatic heterocycles. The molecule has 3 heteroatoms. The van der Waals surface area contributed by atoms with Crippen molar-refractivity contribution in [2.24, 2.45) is 0 Å². The van der Waals surface area contributed by atoms with Gasteiger partial charge in [-0.1, -0.05) is 20.8 Å². The minimum Gasteiger partial charge on any atom is -0.850 e. The van der Waals surface area contributed by atoms with E-state index in [2.05, 4.69) is 0 Å². The summed E-state index contributed by atoms with van der Waals surface area (Å²) >= 11 is 0. The van der Waals surface area contributed by atoms with Crippen LogP contribution < -0.4 is 62.6 Å². The Morgan fingerprint density at radius 1 is 1.14 bits per heavy atom. The number of hydrogen-bond donors (Lipinski definition) is 1. The molecule has 0 aliphatic carbocycles. The third-order valence-electron chi connectivity index (χ3n) is 0. The summed E-state index contributed by atoms with van der Waals surface area (Å²) in [5.41, 5.74) is -0.750. The molecule has 0 unspecified atom stereocenters. The monoisotopic (exact) mass is 129 g/mol. The quantitative estimate of drug-likeness (QED) is 0.362. The summed E-state index contributed by atoms with van der Waals surface area (Å²) in [6.07, 6.45) is 0. The largest absolute Gasteiger partial charge is 1.00 e. The van der Waals surface area contributed by atoms with Gasteiger partial charge in [0.2, 0.25) is 0 Å². The van der Waals surface area contributed by atoms with Crippen molar-refractivity contribution in [3.63, 3.8) is 0 Å². The minimum atomic E-state index is -0.750. The van der Waals surface area contributed by atoms with Crippen LogP contribution in [0.3, 0.4) is 0 Å². The molecular formula is C4H12KNO. The molecule has 0 radical (unpaired) electrons. The molecular weight excluding hydrogens is 117 g/mol. The summed E-state index contributed by atoms with van der Waals surface area (Å²) in [5, 5.41) is 10.1. The van der Waals surface area contributed by atoms with Gasteiger partial charge in [-0.2, -0.15) is 0 Å². The van der Waals surface area contributed by atoms with Crippen molar-refractivity contribution >= 4 is 0 Å². The molecule has 40 valence electrons. The van der Waals surface area contributed by atoms with E-state index in [1.54, 1.807) is 20.8 Å². The molecule has 2 nitrogen and oxygen atoms in total. The SMILES string of the molecule is CC(C)(C)[O-].N.[K+]. The third-order valence-corrected chi connectivity index (χ3v) is 0. The Hall–Kier alpha value is 1.56. The fourth-order valence-electron chi connectivity index (χ4n) is 0. The molecule has 0 aromatic heterocycles. The molecule has 0 heterocycles. The predicted octanol–water partition coefficient (Wildman–Crippen LogP) is -2.69. The molecule has 7 heavy (non-hydrogen) atoms. The summed E-state index contributed by atoms with van der Waals surface area (Å²) in [5.74, 6) is 0. The first kappa shape index (κ1) is 15.8.